The van der Waals surface area contributed by atoms with Gasteiger partial charge in [-0.3, -0.25) is 4.79 Å². The van der Waals surface area contributed by atoms with Crippen molar-refractivity contribution in [1.82, 2.24) is 24.9 Å². The van der Waals surface area contributed by atoms with Gasteiger partial charge in [-0.15, -0.1) is 5.10 Å². The summed E-state index contributed by atoms with van der Waals surface area (Å²) in [5.41, 5.74) is 2.54. The number of fused-ring (bicyclic) bond motifs is 1. The third-order valence-electron chi connectivity index (χ3n) is 8.31. The van der Waals surface area contributed by atoms with Crippen LogP contribution in [0, 0.1) is 30.6 Å². The summed E-state index contributed by atoms with van der Waals surface area (Å²) in [4.78, 5) is 30.5. The van der Waals surface area contributed by atoms with Crippen LogP contribution in [0.5, 0.6) is 5.75 Å². The Hall–Kier alpha value is -3.17. The monoisotopic (exact) mass is 497 g/mol. The SMILES string of the molecule is Cc1nc(-c2nnn(C)c2COC(=O)N(C)CC2CCC2)ccc1O[C@H]1CC2CCC2[C@H](C(=O)O)C1. The molecule has 0 saturated heterocycles. The molecule has 2 aromatic rings. The molecular weight excluding hydrogens is 462 g/mol. The number of hydrogen-bond acceptors (Lipinski definition) is 7. The van der Waals surface area contributed by atoms with E-state index in [1.54, 1.807) is 23.7 Å². The molecule has 36 heavy (non-hydrogen) atoms. The van der Waals surface area contributed by atoms with Crippen molar-refractivity contribution in [2.75, 3.05) is 13.6 Å². The van der Waals surface area contributed by atoms with Crippen molar-refractivity contribution < 1.29 is 24.2 Å². The smallest absolute Gasteiger partial charge is 0.409 e. The van der Waals surface area contributed by atoms with Crippen molar-refractivity contribution in [2.24, 2.45) is 30.7 Å². The Labute approximate surface area is 211 Å². The molecule has 1 amide bonds. The zero-order valence-electron chi connectivity index (χ0n) is 21.2. The number of rotatable bonds is 8. The van der Waals surface area contributed by atoms with E-state index in [0.717, 1.165) is 19.3 Å². The quantitative estimate of drug-likeness (QED) is 0.584. The van der Waals surface area contributed by atoms with Gasteiger partial charge in [-0.05, 0) is 75.3 Å². The number of aromatic nitrogens is 4. The Morgan fingerprint density at radius 2 is 2.00 bits per heavy atom. The minimum Gasteiger partial charge on any atom is -0.488 e. The van der Waals surface area contributed by atoms with Crippen LogP contribution in [0.4, 0.5) is 4.79 Å². The molecule has 3 fully saturated rings. The first-order valence-electron chi connectivity index (χ1n) is 12.9. The average Bonchev–Trinajstić information content (AvgIpc) is 3.17. The van der Waals surface area contributed by atoms with Crippen LogP contribution in [-0.2, 0) is 23.2 Å². The number of ether oxygens (including phenoxy) is 2. The molecule has 2 unspecified atom stereocenters. The van der Waals surface area contributed by atoms with Crippen LogP contribution in [0.3, 0.4) is 0 Å². The van der Waals surface area contributed by atoms with Crippen molar-refractivity contribution in [3.05, 3.63) is 23.5 Å². The number of amides is 1. The summed E-state index contributed by atoms with van der Waals surface area (Å²) < 4.78 is 13.4. The van der Waals surface area contributed by atoms with Crippen LogP contribution in [0.1, 0.15) is 56.3 Å². The van der Waals surface area contributed by atoms with Gasteiger partial charge in [0.1, 0.15) is 23.7 Å². The predicted molar refractivity (Wildman–Crippen MR) is 130 cm³/mol. The first-order chi connectivity index (χ1) is 17.3. The Balaban J connectivity index is 1.24. The molecule has 0 aromatic carbocycles. The van der Waals surface area contributed by atoms with Gasteiger partial charge in [-0.25, -0.2) is 14.5 Å². The van der Waals surface area contributed by atoms with Gasteiger partial charge in [0.25, 0.3) is 0 Å². The summed E-state index contributed by atoms with van der Waals surface area (Å²) >= 11 is 0. The van der Waals surface area contributed by atoms with E-state index in [1.807, 2.05) is 19.1 Å². The van der Waals surface area contributed by atoms with Gasteiger partial charge >= 0.3 is 12.1 Å². The van der Waals surface area contributed by atoms with E-state index in [0.29, 0.717) is 59.2 Å². The normalized spacial score (nSPS) is 25.3. The number of aryl methyl sites for hydroxylation is 2. The third-order valence-corrected chi connectivity index (χ3v) is 8.31. The van der Waals surface area contributed by atoms with Crippen molar-refractivity contribution in [2.45, 2.75) is 64.6 Å². The minimum atomic E-state index is -0.715. The van der Waals surface area contributed by atoms with Crippen molar-refractivity contribution in [3.63, 3.8) is 0 Å². The van der Waals surface area contributed by atoms with E-state index in [4.69, 9.17) is 14.5 Å². The van der Waals surface area contributed by atoms with Gasteiger partial charge in [0, 0.05) is 20.6 Å². The number of aliphatic carboxylic acids is 1. The fraction of sp³-hybridized carbons (Fsp3) is 0.654. The van der Waals surface area contributed by atoms with E-state index >= 15 is 0 Å². The second-order valence-corrected chi connectivity index (χ2v) is 10.7. The third kappa shape index (κ3) is 4.90. The molecule has 10 heteroatoms. The highest BCUT2D eigenvalue weighted by Crippen LogP contribution is 2.49. The maximum atomic E-state index is 12.5. The Morgan fingerprint density at radius 3 is 2.64 bits per heavy atom. The molecule has 3 saturated carbocycles. The zero-order chi connectivity index (χ0) is 25.4. The Bertz CT molecular complexity index is 1130. The number of carboxylic acids is 1. The minimum absolute atomic E-state index is 0.0485. The number of carbonyl (C=O) groups is 2. The highest BCUT2D eigenvalue weighted by atomic mass is 16.6. The fourth-order valence-electron chi connectivity index (χ4n) is 5.79. The first-order valence-corrected chi connectivity index (χ1v) is 12.9. The largest absolute Gasteiger partial charge is 0.488 e. The highest BCUT2D eigenvalue weighted by Gasteiger charge is 2.47. The topological polar surface area (TPSA) is 120 Å². The molecule has 4 atom stereocenters. The number of pyridine rings is 1. The summed E-state index contributed by atoms with van der Waals surface area (Å²) in [5.74, 6) is 0.922. The van der Waals surface area contributed by atoms with Crippen LogP contribution in [0.25, 0.3) is 11.4 Å². The molecule has 1 N–H and O–H groups in total. The van der Waals surface area contributed by atoms with Gasteiger partial charge in [0.2, 0.25) is 0 Å². The molecule has 5 rings (SSSR count). The molecule has 3 aliphatic rings. The molecule has 0 spiro atoms. The van der Waals surface area contributed by atoms with E-state index in [-0.39, 0.29) is 24.7 Å². The van der Waals surface area contributed by atoms with Crippen molar-refractivity contribution in [1.29, 1.82) is 0 Å². The standard InChI is InChI=1S/C26H35N5O5/c1-15-23(36-18-11-17-7-8-19(17)20(12-18)25(32)33)10-9-21(27-15)24-22(31(3)29-28-24)14-35-26(34)30(2)13-16-5-4-6-16/h9-10,16-20H,4-8,11-14H2,1-3H3,(H,32,33)/t17?,18-,19?,20+/m0/s1. The van der Waals surface area contributed by atoms with Crippen molar-refractivity contribution in [3.8, 4) is 17.1 Å². The first kappa shape index (κ1) is 24.5. The highest BCUT2D eigenvalue weighted by molar-refractivity contribution is 5.71. The molecule has 2 heterocycles. The molecule has 0 bridgehead atoms. The van der Waals surface area contributed by atoms with Gasteiger partial charge in [-0.2, -0.15) is 0 Å². The van der Waals surface area contributed by atoms with Gasteiger partial charge in [-0.1, -0.05) is 11.6 Å². The second-order valence-electron chi connectivity index (χ2n) is 10.7. The summed E-state index contributed by atoms with van der Waals surface area (Å²) in [6.45, 7) is 2.63. The number of carboxylic acid groups (broad SMARTS) is 1. The van der Waals surface area contributed by atoms with Crippen LogP contribution in [0.2, 0.25) is 0 Å². The maximum Gasteiger partial charge on any atom is 0.409 e. The van der Waals surface area contributed by atoms with Crippen LogP contribution in [-0.4, -0.2) is 61.7 Å². The summed E-state index contributed by atoms with van der Waals surface area (Å²) in [7, 11) is 3.53. The van der Waals surface area contributed by atoms with E-state index in [1.165, 1.54) is 19.3 Å². The lowest BCUT2D eigenvalue weighted by Crippen LogP contribution is -2.46. The van der Waals surface area contributed by atoms with Crippen molar-refractivity contribution >= 4 is 12.1 Å². The lowest BCUT2D eigenvalue weighted by atomic mass is 9.60. The molecule has 2 aromatic heterocycles. The van der Waals surface area contributed by atoms with Gasteiger partial charge in [0.05, 0.1) is 23.4 Å². The van der Waals surface area contributed by atoms with Gasteiger partial charge in [0.15, 0.2) is 0 Å². The molecular formula is C26H35N5O5. The summed E-state index contributed by atoms with van der Waals surface area (Å²) in [6.07, 6.45) is 6.61. The molecule has 0 radical (unpaired) electrons. The zero-order valence-corrected chi connectivity index (χ0v) is 21.2. The average molecular weight is 498 g/mol. The second kappa shape index (κ2) is 10.1. The van der Waals surface area contributed by atoms with E-state index in [9.17, 15) is 14.7 Å². The number of nitrogens with zero attached hydrogens (tertiary/aromatic N) is 5. The summed E-state index contributed by atoms with van der Waals surface area (Å²) in [6, 6.07) is 3.68. The predicted octanol–water partition coefficient (Wildman–Crippen LogP) is 3.82. The molecule has 0 aliphatic heterocycles. The lowest BCUT2D eigenvalue weighted by Gasteiger charge is -2.47. The van der Waals surface area contributed by atoms with Crippen LogP contribution < -0.4 is 4.74 Å². The van der Waals surface area contributed by atoms with Crippen LogP contribution in [0.15, 0.2) is 12.1 Å². The molecule has 10 nitrogen and oxygen atoms in total. The fourth-order valence-corrected chi connectivity index (χ4v) is 5.79. The van der Waals surface area contributed by atoms with E-state index in [2.05, 4.69) is 10.3 Å². The van der Waals surface area contributed by atoms with Gasteiger partial charge < -0.3 is 19.5 Å². The molecule has 194 valence electrons. The van der Waals surface area contributed by atoms with E-state index < -0.39 is 5.97 Å². The molecule has 3 aliphatic carbocycles. The number of carbonyl (C=O) groups excluding carboxylic acids is 1. The Kier molecular flexibility index (Phi) is 6.85. The number of hydrogen-bond donors (Lipinski definition) is 1. The lowest BCUT2D eigenvalue weighted by molar-refractivity contribution is -0.151. The Morgan fingerprint density at radius 1 is 1.19 bits per heavy atom. The summed E-state index contributed by atoms with van der Waals surface area (Å²) in [5, 5.41) is 18.0. The van der Waals surface area contributed by atoms with Crippen LogP contribution >= 0.6 is 0 Å². The maximum absolute atomic E-state index is 12.5.